The molecule has 1 aromatic carbocycles. The van der Waals surface area contributed by atoms with Gasteiger partial charge in [-0.15, -0.1) is 17.9 Å². The van der Waals surface area contributed by atoms with Crippen LogP contribution in [0.5, 0.6) is 11.5 Å². The van der Waals surface area contributed by atoms with Gasteiger partial charge in [-0.25, -0.2) is 4.98 Å². The monoisotopic (exact) mass is 442 g/mol. The molecule has 2 heterocycles. The van der Waals surface area contributed by atoms with E-state index < -0.39 is 0 Å². The van der Waals surface area contributed by atoms with E-state index in [9.17, 15) is 19.8 Å². The summed E-state index contributed by atoms with van der Waals surface area (Å²) in [6.07, 6.45) is 4.60. The van der Waals surface area contributed by atoms with Gasteiger partial charge in [0, 0.05) is 17.0 Å². The highest BCUT2D eigenvalue weighted by Gasteiger charge is 2.24. The quantitative estimate of drug-likeness (QED) is 0.196. The predicted molar refractivity (Wildman–Crippen MR) is 120 cm³/mol. The highest BCUT2D eigenvalue weighted by Crippen LogP contribution is 2.36. The predicted octanol–water partition coefficient (Wildman–Crippen LogP) is 4.16. The molecule has 1 atom stereocenters. The Labute approximate surface area is 181 Å². The average molecular weight is 443 g/mol. The summed E-state index contributed by atoms with van der Waals surface area (Å²) in [6.45, 7) is 6.30. The molecular weight excluding hydrogens is 420 g/mol. The normalized spacial score (nSPS) is 15.8. The van der Waals surface area contributed by atoms with E-state index in [1.807, 2.05) is 0 Å². The van der Waals surface area contributed by atoms with E-state index in [4.69, 9.17) is 4.98 Å². The maximum Gasteiger partial charge on any atom is 0.263 e. The van der Waals surface area contributed by atoms with Crippen molar-refractivity contribution in [1.29, 1.82) is 0 Å². The number of allylic oxidation sites excluding steroid dienone is 1. The van der Waals surface area contributed by atoms with Crippen LogP contribution >= 0.6 is 23.1 Å². The number of phenolic OH excluding ortho intramolecular Hbond substituents is 2. The maximum atomic E-state index is 13.3. The second-order valence-corrected chi connectivity index (χ2v) is 9.57. The van der Waals surface area contributed by atoms with Crippen LogP contribution in [-0.4, -0.2) is 31.3 Å². The SMILES string of the molecule is C=CCn1c(SCC(=O)c2ccc(O)c(O)c2)nc2sc3c(c2c1=O)CCC(C)C3. The Balaban J connectivity index is 1.68. The van der Waals surface area contributed by atoms with Crippen LogP contribution in [0.4, 0.5) is 0 Å². The van der Waals surface area contributed by atoms with Crippen molar-refractivity contribution in [3.05, 3.63) is 57.2 Å². The molecule has 3 aromatic rings. The Bertz CT molecular complexity index is 1210. The third kappa shape index (κ3) is 3.77. The highest BCUT2D eigenvalue weighted by molar-refractivity contribution is 7.99. The molecule has 6 nitrogen and oxygen atoms in total. The maximum absolute atomic E-state index is 13.3. The van der Waals surface area contributed by atoms with E-state index in [-0.39, 0.29) is 34.2 Å². The number of aromatic hydroxyl groups is 2. The van der Waals surface area contributed by atoms with E-state index in [0.717, 1.165) is 29.7 Å². The number of rotatable bonds is 6. The van der Waals surface area contributed by atoms with Crippen LogP contribution in [0.1, 0.15) is 34.1 Å². The molecule has 0 amide bonds. The molecule has 0 radical (unpaired) electrons. The average Bonchev–Trinajstić information content (AvgIpc) is 3.08. The number of nitrogens with zero attached hydrogens (tertiary/aromatic N) is 2. The number of carbonyl (C=O) groups is 1. The van der Waals surface area contributed by atoms with E-state index in [0.29, 0.717) is 23.0 Å². The summed E-state index contributed by atoms with van der Waals surface area (Å²) < 4.78 is 1.58. The fourth-order valence-corrected chi connectivity index (χ4v) is 6.04. The molecule has 4 rings (SSSR count). The lowest BCUT2D eigenvalue weighted by Gasteiger charge is -2.17. The molecule has 0 fully saturated rings. The summed E-state index contributed by atoms with van der Waals surface area (Å²) in [7, 11) is 0. The zero-order valence-corrected chi connectivity index (χ0v) is 18.2. The number of thiophene rings is 1. The minimum Gasteiger partial charge on any atom is -0.504 e. The van der Waals surface area contributed by atoms with Gasteiger partial charge in [-0.05, 0) is 48.9 Å². The number of benzene rings is 1. The van der Waals surface area contributed by atoms with Crippen LogP contribution in [0.15, 0.2) is 40.8 Å². The van der Waals surface area contributed by atoms with Gasteiger partial charge < -0.3 is 10.2 Å². The number of aryl methyl sites for hydroxylation is 1. The van der Waals surface area contributed by atoms with Crippen molar-refractivity contribution in [3.63, 3.8) is 0 Å². The van der Waals surface area contributed by atoms with Gasteiger partial charge in [-0.1, -0.05) is 24.8 Å². The van der Waals surface area contributed by atoms with Gasteiger partial charge in [0.15, 0.2) is 22.4 Å². The van der Waals surface area contributed by atoms with Crippen LogP contribution in [-0.2, 0) is 19.4 Å². The van der Waals surface area contributed by atoms with Crippen molar-refractivity contribution in [3.8, 4) is 11.5 Å². The number of phenols is 2. The largest absolute Gasteiger partial charge is 0.504 e. The zero-order chi connectivity index (χ0) is 21.4. The van der Waals surface area contributed by atoms with Crippen molar-refractivity contribution in [2.45, 2.75) is 37.9 Å². The van der Waals surface area contributed by atoms with Crippen LogP contribution in [0, 0.1) is 5.92 Å². The van der Waals surface area contributed by atoms with E-state index in [1.165, 1.54) is 34.8 Å². The second-order valence-electron chi connectivity index (χ2n) is 7.55. The van der Waals surface area contributed by atoms with Gasteiger partial charge in [-0.3, -0.25) is 14.2 Å². The van der Waals surface area contributed by atoms with Crippen LogP contribution in [0.25, 0.3) is 10.2 Å². The lowest BCUT2D eigenvalue weighted by Crippen LogP contribution is -2.24. The fraction of sp³-hybridized carbons (Fsp3) is 0.318. The molecule has 8 heteroatoms. The number of carbonyl (C=O) groups excluding carboxylic acids is 1. The van der Waals surface area contributed by atoms with Gasteiger partial charge in [0.25, 0.3) is 5.56 Å². The molecule has 0 saturated heterocycles. The lowest BCUT2D eigenvalue weighted by molar-refractivity contribution is 0.102. The Hall–Kier alpha value is -2.58. The van der Waals surface area contributed by atoms with Crippen molar-refractivity contribution < 1.29 is 15.0 Å². The van der Waals surface area contributed by atoms with Crippen molar-refractivity contribution in [2.75, 3.05) is 5.75 Å². The summed E-state index contributed by atoms with van der Waals surface area (Å²) in [5, 5.41) is 20.2. The summed E-state index contributed by atoms with van der Waals surface area (Å²) in [4.78, 5) is 32.5. The highest BCUT2D eigenvalue weighted by atomic mass is 32.2. The topological polar surface area (TPSA) is 92.4 Å². The molecule has 1 aliphatic carbocycles. The fourth-order valence-electron chi connectivity index (χ4n) is 3.72. The Kier molecular flexibility index (Phi) is 5.71. The molecule has 0 saturated carbocycles. The van der Waals surface area contributed by atoms with Gasteiger partial charge in [0.2, 0.25) is 0 Å². The first kappa shape index (κ1) is 20.7. The van der Waals surface area contributed by atoms with E-state index in [2.05, 4.69) is 13.5 Å². The number of hydrogen-bond donors (Lipinski definition) is 2. The lowest BCUT2D eigenvalue weighted by atomic mass is 9.89. The summed E-state index contributed by atoms with van der Waals surface area (Å²) >= 11 is 2.78. The number of hydrogen-bond acceptors (Lipinski definition) is 7. The van der Waals surface area contributed by atoms with E-state index in [1.54, 1.807) is 22.0 Å². The van der Waals surface area contributed by atoms with E-state index >= 15 is 0 Å². The molecule has 156 valence electrons. The first-order chi connectivity index (χ1) is 14.4. The first-order valence-corrected chi connectivity index (χ1v) is 11.5. The minimum atomic E-state index is -0.340. The molecular formula is C22H22N2O4S2. The third-order valence-corrected chi connectivity index (χ3v) is 7.45. The summed E-state index contributed by atoms with van der Waals surface area (Å²) in [5.41, 5.74) is 1.34. The number of Topliss-reactive ketones (excluding diaryl/α,β-unsaturated/α-hetero) is 1. The molecule has 1 unspecified atom stereocenters. The molecule has 0 bridgehead atoms. The standard InChI is InChI=1S/C22H22N2O4S2/c1-3-8-24-21(28)19-14-6-4-12(2)9-18(14)30-20(19)23-22(24)29-11-17(27)13-5-7-15(25)16(26)10-13/h3,5,7,10,12,25-26H,1,4,6,8-9,11H2,2H3. The smallest absolute Gasteiger partial charge is 0.263 e. The third-order valence-electron chi connectivity index (χ3n) is 5.32. The van der Waals surface area contributed by atoms with Gasteiger partial charge >= 0.3 is 0 Å². The Morgan fingerprint density at radius 3 is 2.93 bits per heavy atom. The first-order valence-electron chi connectivity index (χ1n) is 9.73. The molecule has 30 heavy (non-hydrogen) atoms. The zero-order valence-electron chi connectivity index (χ0n) is 16.6. The molecule has 1 aliphatic rings. The molecule has 0 aliphatic heterocycles. The van der Waals surface area contributed by atoms with Crippen molar-refractivity contribution >= 4 is 39.1 Å². The molecule has 0 spiro atoms. The Morgan fingerprint density at radius 1 is 1.40 bits per heavy atom. The summed E-state index contributed by atoms with van der Waals surface area (Å²) in [5.74, 6) is -0.181. The van der Waals surface area contributed by atoms with Gasteiger partial charge in [-0.2, -0.15) is 0 Å². The number of aromatic nitrogens is 2. The number of ketones is 1. The van der Waals surface area contributed by atoms with Crippen LogP contribution < -0.4 is 5.56 Å². The van der Waals surface area contributed by atoms with Gasteiger partial charge in [0.1, 0.15) is 4.83 Å². The Morgan fingerprint density at radius 2 is 2.20 bits per heavy atom. The summed E-state index contributed by atoms with van der Waals surface area (Å²) in [6, 6.07) is 3.97. The minimum absolute atomic E-state index is 0.0570. The van der Waals surface area contributed by atoms with Gasteiger partial charge in [0.05, 0.1) is 11.1 Å². The van der Waals surface area contributed by atoms with Crippen LogP contribution in [0.3, 0.4) is 0 Å². The van der Waals surface area contributed by atoms with Crippen LogP contribution in [0.2, 0.25) is 0 Å². The number of thioether (sulfide) groups is 1. The molecule has 2 aromatic heterocycles. The van der Waals surface area contributed by atoms with Crippen molar-refractivity contribution in [2.24, 2.45) is 5.92 Å². The number of fused-ring (bicyclic) bond motifs is 3. The molecule has 2 N–H and O–H groups in total. The second kappa shape index (κ2) is 8.28. The van der Waals surface area contributed by atoms with Crippen molar-refractivity contribution in [1.82, 2.24) is 9.55 Å².